The minimum absolute atomic E-state index is 0.224. The van der Waals surface area contributed by atoms with Gasteiger partial charge < -0.3 is 5.73 Å². The maximum absolute atomic E-state index is 12.1. The average molecular weight is 418 g/mol. The van der Waals surface area contributed by atoms with E-state index in [9.17, 15) is 4.79 Å². The van der Waals surface area contributed by atoms with Gasteiger partial charge in [0, 0.05) is 49.9 Å². The SMILES string of the molecule is CC12CC=C3C=C4CCC(=O)CC4CC[C@]3(N)C1CCC2N1CCc2ccncc2C1. The van der Waals surface area contributed by atoms with Crippen molar-refractivity contribution in [3.63, 3.8) is 0 Å². The lowest BCUT2D eigenvalue weighted by molar-refractivity contribution is -0.120. The van der Waals surface area contributed by atoms with Gasteiger partial charge in [0.25, 0.3) is 0 Å². The van der Waals surface area contributed by atoms with Crippen molar-refractivity contribution >= 4 is 5.78 Å². The molecule has 2 N–H and O–H groups in total. The Bertz CT molecular complexity index is 980. The Morgan fingerprint density at radius 1 is 1.16 bits per heavy atom. The molecule has 0 aromatic carbocycles. The van der Waals surface area contributed by atoms with Crippen LogP contribution in [0.5, 0.6) is 0 Å². The number of carbonyl (C=O) groups excluding carboxylic acids is 1. The van der Waals surface area contributed by atoms with E-state index < -0.39 is 0 Å². The van der Waals surface area contributed by atoms with Gasteiger partial charge in [-0.2, -0.15) is 0 Å². The molecular weight excluding hydrogens is 382 g/mol. The highest BCUT2D eigenvalue weighted by molar-refractivity contribution is 5.80. The summed E-state index contributed by atoms with van der Waals surface area (Å²) in [4.78, 5) is 19.2. The number of pyridine rings is 1. The van der Waals surface area contributed by atoms with Gasteiger partial charge in [-0.25, -0.2) is 0 Å². The number of rotatable bonds is 1. The smallest absolute Gasteiger partial charge is 0.133 e. The van der Waals surface area contributed by atoms with E-state index in [4.69, 9.17) is 5.73 Å². The maximum atomic E-state index is 12.1. The molecular formula is C27H35N3O. The molecule has 2 saturated carbocycles. The summed E-state index contributed by atoms with van der Waals surface area (Å²) in [7, 11) is 0. The van der Waals surface area contributed by atoms with Gasteiger partial charge in [-0.15, -0.1) is 0 Å². The number of nitrogens with two attached hydrogens (primary N) is 1. The van der Waals surface area contributed by atoms with Crippen molar-refractivity contribution in [3.05, 3.63) is 52.9 Å². The van der Waals surface area contributed by atoms with Gasteiger partial charge in [0.2, 0.25) is 0 Å². The molecule has 2 fully saturated rings. The first-order chi connectivity index (χ1) is 15.0. The number of carbonyl (C=O) groups is 1. The summed E-state index contributed by atoms with van der Waals surface area (Å²) in [6.45, 7) is 4.69. The third-order valence-corrected chi connectivity index (χ3v) is 9.63. The minimum atomic E-state index is -0.232. The zero-order valence-corrected chi connectivity index (χ0v) is 18.8. The number of hydrogen-bond acceptors (Lipinski definition) is 4. The summed E-state index contributed by atoms with van der Waals surface area (Å²) in [5, 5.41) is 0. The van der Waals surface area contributed by atoms with E-state index >= 15 is 0 Å². The van der Waals surface area contributed by atoms with Crippen molar-refractivity contribution in [3.8, 4) is 0 Å². The molecule has 0 saturated heterocycles. The molecule has 4 nitrogen and oxygen atoms in total. The molecule has 1 aromatic heterocycles. The fraction of sp³-hybridized carbons (Fsp3) is 0.630. The van der Waals surface area contributed by atoms with E-state index in [0.717, 1.165) is 58.0 Å². The topological polar surface area (TPSA) is 59.2 Å². The second-order valence-corrected chi connectivity index (χ2v) is 11.1. The fourth-order valence-electron chi connectivity index (χ4n) is 7.93. The number of Topliss-reactive ketones (excluding diaryl/α,β-unsaturated/α-hetero) is 1. The zero-order chi connectivity index (χ0) is 21.2. The van der Waals surface area contributed by atoms with Crippen LogP contribution in [0.25, 0.3) is 0 Å². The molecule has 5 atom stereocenters. The Labute approximate surface area is 186 Å². The van der Waals surface area contributed by atoms with Gasteiger partial charge in [0.05, 0.1) is 0 Å². The van der Waals surface area contributed by atoms with Crippen LogP contribution in [0, 0.1) is 17.3 Å². The van der Waals surface area contributed by atoms with Gasteiger partial charge in [0.1, 0.15) is 5.78 Å². The number of aromatic nitrogens is 1. The van der Waals surface area contributed by atoms with E-state index in [-0.39, 0.29) is 11.0 Å². The van der Waals surface area contributed by atoms with Crippen LogP contribution in [-0.2, 0) is 17.8 Å². The molecule has 5 aliphatic rings. The Kier molecular flexibility index (Phi) is 4.56. The van der Waals surface area contributed by atoms with Crippen LogP contribution >= 0.6 is 0 Å². The molecule has 4 aliphatic carbocycles. The summed E-state index contributed by atoms with van der Waals surface area (Å²) in [5.41, 5.74) is 13.1. The van der Waals surface area contributed by atoms with Crippen LogP contribution < -0.4 is 5.73 Å². The number of fused-ring (bicyclic) bond motifs is 5. The van der Waals surface area contributed by atoms with Crippen molar-refractivity contribution < 1.29 is 4.79 Å². The van der Waals surface area contributed by atoms with Crippen LogP contribution in [0.3, 0.4) is 0 Å². The molecule has 4 heteroatoms. The van der Waals surface area contributed by atoms with Gasteiger partial charge >= 0.3 is 0 Å². The van der Waals surface area contributed by atoms with Crippen LogP contribution in [-0.4, -0.2) is 33.8 Å². The molecule has 0 amide bonds. The third-order valence-electron chi connectivity index (χ3n) is 9.63. The van der Waals surface area contributed by atoms with Crippen molar-refractivity contribution in [2.24, 2.45) is 23.0 Å². The number of allylic oxidation sites excluding steroid dienone is 2. The number of ketones is 1. The van der Waals surface area contributed by atoms with Crippen LogP contribution in [0.4, 0.5) is 0 Å². The van der Waals surface area contributed by atoms with Crippen LogP contribution in [0.2, 0.25) is 0 Å². The van der Waals surface area contributed by atoms with Gasteiger partial charge in [-0.3, -0.25) is 14.7 Å². The van der Waals surface area contributed by atoms with Crippen molar-refractivity contribution in [1.82, 2.24) is 9.88 Å². The molecule has 6 rings (SSSR count). The second-order valence-electron chi connectivity index (χ2n) is 11.1. The number of hydrogen-bond donors (Lipinski definition) is 1. The molecule has 2 heterocycles. The van der Waals surface area contributed by atoms with Crippen molar-refractivity contribution in [1.29, 1.82) is 0 Å². The lowest BCUT2D eigenvalue weighted by atomic mass is 9.58. The van der Waals surface area contributed by atoms with Crippen LogP contribution in [0.1, 0.15) is 69.4 Å². The quantitative estimate of drug-likeness (QED) is 0.738. The van der Waals surface area contributed by atoms with E-state index in [0.29, 0.717) is 23.7 Å². The van der Waals surface area contributed by atoms with Crippen LogP contribution in [0.15, 0.2) is 41.8 Å². The Hall–Kier alpha value is -1.78. The summed E-state index contributed by atoms with van der Waals surface area (Å²) in [6, 6.07) is 2.78. The Morgan fingerprint density at radius 2 is 2.06 bits per heavy atom. The zero-order valence-electron chi connectivity index (χ0n) is 18.8. The molecule has 0 bridgehead atoms. The molecule has 164 valence electrons. The largest absolute Gasteiger partial charge is 0.321 e. The lowest BCUT2D eigenvalue weighted by Crippen LogP contribution is -2.58. The molecule has 1 aromatic rings. The van der Waals surface area contributed by atoms with Crippen molar-refractivity contribution in [2.45, 2.75) is 82.8 Å². The highest BCUT2D eigenvalue weighted by atomic mass is 16.1. The Balaban J connectivity index is 1.30. The van der Waals surface area contributed by atoms with E-state index in [2.05, 4.69) is 41.2 Å². The van der Waals surface area contributed by atoms with E-state index in [1.807, 2.05) is 6.20 Å². The van der Waals surface area contributed by atoms with Gasteiger partial charge in [-0.1, -0.05) is 24.6 Å². The third kappa shape index (κ3) is 3.01. The second kappa shape index (κ2) is 7.11. The van der Waals surface area contributed by atoms with Gasteiger partial charge in [0.15, 0.2) is 0 Å². The fourth-order valence-corrected chi connectivity index (χ4v) is 7.93. The maximum Gasteiger partial charge on any atom is 0.133 e. The Morgan fingerprint density at radius 3 is 2.97 bits per heavy atom. The molecule has 31 heavy (non-hydrogen) atoms. The van der Waals surface area contributed by atoms with E-state index in [1.54, 1.807) is 0 Å². The minimum Gasteiger partial charge on any atom is -0.321 e. The molecule has 0 spiro atoms. The first kappa shape index (κ1) is 19.9. The van der Waals surface area contributed by atoms with Gasteiger partial charge in [-0.05, 0) is 85.0 Å². The summed E-state index contributed by atoms with van der Waals surface area (Å²) >= 11 is 0. The monoisotopic (exact) mass is 417 g/mol. The lowest BCUT2D eigenvalue weighted by Gasteiger charge is -2.52. The normalized spacial score (nSPS) is 40.1. The van der Waals surface area contributed by atoms with Crippen molar-refractivity contribution in [2.75, 3.05) is 6.54 Å². The van der Waals surface area contributed by atoms with E-state index in [1.165, 1.54) is 35.1 Å². The highest BCUT2D eigenvalue weighted by Gasteiger charge is 2.58. The summed E-state index contributed by atoms with van der Waals surface area (Å²) in [6.07, 6.45) is 18.1. The molecule has 4 unspecified atom stereocenters. The number of nitrogens with zero attached hydrogens (tertiary/aromatic N) is 2. The first-order valence-electron chi connectivity index (χ1n) is 12.3. The standard InChI is InChI=1S/C27H35N3O/c1-26-10-7-22-14-19-2-3-23(31)15-20(19)6-11-27(22,28)24(26)4-5-25(26)30-13-9-18-8-12-29-16-21(18)17-30/h7-8,12,14,16,20,24-25H,2-6,9-11,13,15,17,28H2,1H3/t20?,24?,25?,26?,27-/m1/s1. The highest BCUT2D eigenvalue weighted by Crippen LogP contribution is 2.59. The molecule has 1 aliphatic heterocycles. The molecule has 0 radical (unpaired) electrons. The summed E-state index contributed by atoms with van der Waals surface area (Å²) in [5.74, 6) is 1.40. The average Bonchev–Trinajstić information content (AvgIpc) is 3.06. The predicted octanol–water partition coefficient (Wildman–Crippen LogP) is 4.34. The summed E-state index contributed by atoms with van der Waals surface area (Å²) < 4.78 is 0. The predicted molar refractivity (Wildman–Crippen MR) is 122 cm³/mol. The first-order valence-corrected chi connectivity index (χ1v) is 12.3.